The van der Waals surface area contributed by atoms with Crippen molar-refractivity contribution in [3.8, 4) is 22.6 Å². The van der Waals surface area contributed by atoms with Crippen LogP contribution in [-0.2, 0) is 4.79 Å². The Morgan fingerprint density at radius 2 is 1.90 bits per heavy atom. The minimum atomic E-state index is -0.550. The molecule has 1 N–H and O–H groups in total. The van der Waals surface area contributed by atoms with E-state index < -0.39 is 11.4 Å². The number of phenols is 1. The second-order valence-electron chi connectivity index (χ2n) is 10.7. The Morgan fingerprint density at radius 3 is 2.57 bits per heavy atom. The molecule has 5 rings (SSSR count). The first kappa shape index (κ1) is 28.9. The Hall–Kier alpha value is -4.61. The van der Waals surface area contributed by atoms with Crippen LogP contribution in [0, 0.1) is 12.4 Å². The number of anilines is 1. The molecule has 0 spiro atoms. The van der Waals surface area contributed by atoms with Gasteiger partial charge in [0.25, 0.3) is 11.2 Å². The molecular formula is C33H30ClFN4O3. The topological polar surface area (TPSA) is 70.1 Å². The molecule has 0 unspecified atom stereocenters. The number of halogens is 2. The van der Waals surface area contributed by atoms with Crippen LogP contribution < -0.4 is 10.5 Å². The minimum Gasteiger partial charge on any atom is -0.507 e. The van der Waals surface area contributed by atoms with Gasteiger partial charge >= 0.3 is 0 Å². The van der Waals surface area contributed by atoms with Gasteiger partial charge < -0.3 is 14.9 Å². The van der Waals surface area contributed by atoms with Crippen molar-refractivity contribution in [1.82, 2.24) is 9.47 Å². The number of amides is 1. The molecule has 1 atom stereocenters. The second kappa shape index (κ2) is 11.3. The summed E-state index contributed by atoms with van der Waals surface area (Å²) in [6.07, 6.45) is 1.28. The van der Waals surface area contributed by atoms with Gasteiger partial charge in [-0.15, -0.1) is 0 Å². The van der Waals surface area contributed by atoms with Crippen LogP contribution >= 0.6 is 11.6 Å². The number of aromatic nitrogens is 1. The van der Waals surface area contributed by atoms with Crippen molar-refractivity contribution in [3.63, 3.8) is 0 Å². The number of phenolic OH excluding ortho intramolecular Hbond substituents is 1. The molecule has 2 heterocycles. The highest BCUT2D eigenvalue weighted by Gasteiger charge is 2.31. The van der Waals surface area contributed by atoms with Gasteiger partial charge in [0.2, 0.25) is 5.91 Å². The fourth-order valence-electron chi connectivity index (χ4n) is 5.74. The summed E-state index contributed by atoms with van der Waals surface area (Å²) in [5.41, 5.74) is 2.35. The molecule has 7 nitrogen and oxygen atoms in total. The van der Waals surface area contributed by atoms with E-state index in [2.05, 4.69) is 11.4 Å². The van der Waals surface area contributed by atoms with Gasteiger partial charge in [-0.3, -0.25) is 14.2 Å². The number of hydrogen-bond donors (Lipinski definition) is 1. The smallest absolute Gasteiger partial charge is 0.274 e. The summed E-state index contributed by atoms with van der Waals surface area (Å²) in [5, 5.41) is 11.4. The Bertz CT molecular complexity index is 1840. The fraction of sp³-hybridized carbons (Fsp3) is 0.242. The first-order valence-corrected chi connectivity index (χ1v) is 14.0. The van der Waals surface area contributed by atoms with E-state index in [1.165, 1.54) is 22.8 Å². The zero-order chi connectivity index (χ0) is 30.3. The molecule has 1 aliphatic heterocycles. The quantitative estimate of drug-likeness (QED) is 0.201. The molecule has 1 amide bonds. The van der Waals surface area contributed by atoms with Crippen LogP contribution in [0.3, 0.4) is 0 Å². The molecule has 4 aromatic rings. The van der Waals surface area contributed by atoms with E-state index in [0.717, 1.165) is 11.6 Å². The number of para-hydroxylation sites is 1. The molecule has 1 aliphatic rings. The standard InChI is InChI=1S/C33H30ClFN4O3/c1-6-30(41)37-13-14-38(20(4)18-37)32-25-16-26(34)23(24-15-21(35)11-12-29(24)40)17-28(25)39(33(42)31(32)36-5)27-10-8-7-9-22(27)19(2)3/h6-12,15-17,19-20,40H,1,13-14,18H2,2-4H3/t20-/m0/s1. The van der Waals surface area contributed by atoms with Gasteiger partial charge in [-0.2, -0.15) is 0 Å². The van der Waals surface area contributed by atoms with Crippen LogP contribution in [0.2, 0.25) is 5.02 Å². The Morgan fingerprint density at radius 1 is 1.17 bits per heavy atom. The zero-order valence-electron chi connectivity index (χ0n) is 23.6. The number of piperazine rings is 1. The van der Waals surface area contributed by atoms with Gasteiger partial charge in [0.05, 0.1) is 23.5 Å². The van der Waals surface area contributed by atoms with Gasteiger partial charge in [0, 0.05) is 47.2 Å². The lowest BCUT2D eigenvalue weighted by atomic mass is 9.98. The molecule has 0 saturated carbocycles. The highest BCUT2D eigenvalue weighted by molar-refractivity contribution is 6.34. The summed E-state index contributed by atoms with van der Waals surface area (Å²) in [4.78, 5) is 34.1. The summed E-state index contributed by atoms with van der Waals surface area (Å²) in [5.74, 6) is -0.830. The van der Waals surface area contributed by atoms with Crippen molar-refractivity contribution in [2.75, 3.05) is 24.5 Å². The van der Waals surface area contributed by atoms with Gasteiger partial charge in [0.1, 0.15) is 11.6 Å². The van der Waals surface area contributed by atoms with Crippen molar-refractivity contribution in [2.45, 2.75) is 32.7 Å². The largest absolute Gasteiger partial charge is 0.507 e. The fourth-order valence-corrected chi connectivity index (χ4v) is 6.01. The lowest BCUT2D eigenvalue weighted by Gasteiger charge is -2.42. The predicted molar refractivity (Wildman–Crippen MR) is 166 cm³/mol. The average Bonchev–Trinajstić information content (AvgIpc) is 2.97. The van der Waals surface area contributed by atoms with Crippen molar-refractivity contribution in [2.24, 2.45) is 0 Å². The Balaban J connectivity index is 1.88. The van der Waals surface area contributed by atoms with Crippen molar-refractivity contribution in [1.29, 1.82) is 0 Å². The van der Waals surface area contributed by atoms with E-state index in [0.29, 0.717) is 47.5 Å². The molecular weight excluding hydrogens is 555 g/mol. The summed E-state index contributed by atoms with van der Waals surface area (Å²) in [7, 11) is 0. The van der Waals surface area contributed by atoms with Crippen molar-refractivity contribution >= 4 is 39.8 Å². The number of benzene rings is 3. The maximum Gasteiger partial charge on any atom is 0.274 e. The van der Waals surface area contributed by atoms with Crippen molar-refractivity contribution in [3.05, 3.63) is 105 Å². The van der Waals surface area contributed by atoms with Gasteiger partial charge in [-0.05, 0) is 60.9 Å². The van der Waals surface area contributed by atoms with Crippen LogP contribution in [0.15, 0.2) is 72.0 Å². The second-order valence-corrected chi connectivity index (χ2v) is 11.1. The molecule has 0 aliphatic carbocycles. The van der Waals surface area contributed by atoms with E-state index in [4.69, 9.17) is 18.2 Å². The molecule has 3 aromatic carbocycles. The molecule has 1 aromatic heterocycles. The Labute approximate surface area is 248 Å². The van der Waals surface area contributed by atoms with E-state index >= 15 is 0 Å². The van der Waals surface area contributed by atoms with Gasteiger partial charge in [-0.1, -0.05) is 50.2 Å². The molecule has 1 fully saturated rings. The maximum atomic E-state index is 14.3. The van der Waals surface area contributed by atoms with Crippen LogP contribution in [0.4, 0.5) is 15.8 Å². The molecule has 0 bridgehead atoms. The average molecular weight is 585 g/mol. The van der Waals surface area contributed by atoms with Gasteiger partial charge in [0.15, 0.2) is 0 Å². The van der Waals surface area contributed by atoms with E-state index in [1.54, 1.807) is 17.0 Å². The highest BCUT2D eigenvalue weighted by Crippen LogP contribution is 2.43. The SMILES string of the molecule is [C-]#[N+]c1c(N2CCN(C(=O)C=C)C[C@@H]2C)c2cc(Cl)c(-c3cc(F)ccc3O)cc2n(-c2ccccc2C(C)C)c1=O. The first-order chi connectivity index (χ1) is 20.1. The lowest BCUT2D eigenvalue weighted by molar-refractivity contribution is -0.126. The molecule has 214 valence electrons. The minimum absolute atomic E-state index is 0.0613. The predicted octanol–water partition coefficient (Wildman–Crippen LogP) is 7.05. The summed E-state index contributed by atoms with van der Waals surface area (Å²) >= 11 is 6.83. The molecule has 42 heavy (non-hydrogen) atoms. The maximum absolute atomic E-state index is 14.3. The van der Waals surface area contributed by atoms with Crippen molar-refractivity contribution < 1.29 is 14.3 Å². The summed E-state index contributed by atoms with van der Waals surface area (Å²) in [6, 6.07) is 14.2. The van der Waals surface area contributed by atoms with E-state index in [1.807, 2.05) is 49.9 Å². The van der Waals surface area contributed by atoms with Gasteiger partial charge in [-0.25, -0.2) is 9.24 Å². The zero-order valence-corrected chi connectivity index (χ0v) is 24.3. The summed E-state index contributed by atoms with van der Waals surface area (Å²) in [6.45, 7) is 18.8. The van der Waals surface area contributed by atoms with Crippen LogP contribution in [0.25, 0.3) is 32.6 Å². The number of aromatic hydroxyl groups is 1. The monoisotopic (exact) mass is 584 g/mol. The third-order valence-electron chi connectivity index (χ3n) is 7.77. The lowest BCUT2D eigenvalue weighted by Crippen LogP contribution is -2.53. The molecule has 9 heteroatoms. The number of carbonyl (C=O) groups is 1. The third kappa shape index (κ3) is 4.90. The first-order valence-electron chi connectivity index (χ1n) is 13.6. The number of hydrogen-bond acceptors (Lipinski definition) is 4. The van der Waals surface area contributed by atoms with E-state index in [9.17, 15) is 19.1 Å². The van der Waals surface area contributed by atoms with E-state index in [-0.39, 0.29) is 39.9 Å². The molecule has 1 saturated heterocycles. The number of nitrogens with zero attached hydrogens (tertiary/aromatic N) is 4. The number of carbonyl (C=O) groups excluding carboxylic acids is 1. The normalized spacial score (nSPS) is 15.2. The van der Waals surface area contributed by atoms with Crippen LogP contribution in [-0.4, -0.2) is 46.2 Å². The Kier molecular flexibility index (Phi) is 7.81. The van der Waals surface area contributed by atoms with Crippen LogP contribution in [0.5, 0.6) is 5.75 Å². The third-order valence-corrected chi connectivity index (χ3v) is 8.09. The van der Waals surface area contributed by atoms with Crippen LogP contribution in [0.1, 0.15) is 32.3 Å². The number of pyridine rings is 1. The number of rotatable bonds is 5. The number of fused-ring (bicyclic) bond motifs is 1. The highest BCUT2D eigenvalue weighted by atomic mass is 35.5. The summed E-state index contributed by atoms with van der Waals surface area (Å²) < 4.78 is 15.8. The molecule has 0 radical (unpaired) electrons.